The molecular formula is C10H9N3O3. The maximum Gasteiger partial charge on any atom is 0.352 e. The summed E-state index contributed by atoms with van der Waals surface area (Å²) in [6.45, 7) is 1.39. The van der Waals surface area contributed by atoms with E-state index < -0.39 is 5.97 Å². The third-order valence-electron chi connectivity index (χ3n) is 2.02. The summed E-state index contributed by atoms with van der Waals surface area (Å²) in [6, 6.07) is 3.13. The van der Waals surface area contributed by atoms with Gasteiger partial charge in [-0.15, -0.1) is 0 Å². The summed E-state index contributed by atoms with van der Waals surface area (Å²) in [6.07, 6.45) is 1.46. The molecule has 0 atom stereocenters. The first-order valence-electron chi connectivity index (χ1n) is 4.56. The molecule has 82 valence electrons. The van der Waals surface area contributed by atoms with E-state index in [-0.39, 0.29) is 11.6 Å². The van der Waals surface area contributed by atoms with Crippen LogP contribution in [0.15, 0.2) is 18.3 Å². The summed E-state index contributed by atoms with van der Waals surface area (Å²) < 4.78 is 0. The van der Waals surface area contributed by atoms with Gasteiger partial charge in [-0.05, 0) is 12.1 Å². The lowest BCUT2D eigenvalue weighted by Gasteiger charge is -1.99. The highest BCUT2D eigenvalue weighted by Gasteiger charge is 2.08. The van der Waals surface area contributed by atoms with Crippen molar-refractivity contribution in [3.8, 4) is 0 Å². The van der Waals surface area contributed by atoms with E-state index in [2.05, 4.69) is 15.3 Å². The molecule has 16 heavy (non-hydrogen) atoms. The number of anilines is 1. The molecule has 6 nitrogen and oxygen atoms in total. The summed E-state index contributed by atoms with van der Waals surface area (Å²) >= 11 is 0. The summed E-state index contributed by atoms with van der Waals surface area (Å²) in [7, 11) is 0. The highest BCUT2D eigenvalue weighted by Crippen LogP contribution is 2.17. The molecular weight excluding hydrogens is 210 g/mol. The highest BCUT2D eigenvalue weighted by molar-refractivity contribution is 5.95. The van der Waals surface area contributed by atoms with Crippen LogP contribution in [0.1, 0.15) is 17.4 Å². The van der Waals surface area contributed by atoms with Crippen molar-refractivity contribution in [2.24, 2.45) is 0 Å². The molecule has 2 aromatic rings. The Hall–Kier alpha value is -2.37. The van der Waals surface area contributed by atoms with Crippen LogP contribution in [-0.2, 0) is 4.79 Å². The third kappa shape index (κ3) is 1.85. The first kappa shape index (κ1) is 10.2. The van der Waals surface area contributed by atoms with Gasteiger partial charge in [0.1, 0.15) is 11.3 Å². The lowest BCUT2D eigenvalue weighted by Crippen LogP contribution is -2.05. The molecule has 0 saturated carbocycles. The smallest absolute Gasteiger partial charge is 0.352 e. The Morgan fingerprint density at radius 3 is 2.81 bits per heavy atom. The number of hydrogen-bond acceptors (Lipinski definition) is 3. The molecule has 0 radical (unpaired) electrons. The lowest BCUT2D eigenvalue weighted by molar-refractivity contribution is -0.114. The number of aromatic nitrogens is 2. The van der Waals surface area contributed by atoms with Crippen LogP contribution < -0.4 is 5.32 Å². The molecule has 0 aliphatic heterocycles. The van der Waals surface area contributed by atoms with Crippen LogP contribution in [0.5, 0.6) is 0 Å². The zero-order chi connectivity index (χ0) is 11.7. The SMILES string of the molecule is CC(=O)Nc1cnc2[nH]c(C(=O)O)cc2c1. The molecule has 2 aromatic heterocycles. The number of carboxylic acid groups (broad SMARTS) is 1. The van der Waals surface area contributed by atoms with E-state index in [9.17, 15) is 9.59 Å². The van der Waals surface area contributed by atoms with Crippen molar-refractivity contribution in [3.05, 3.63) is 24.0 Å². The Balaban J connectivity index is 2.45. The van der Waals surface area contributed by atoms with E-state index in [0.29, 0.717) is 16.7 Å². The minimum absolute atomic E-state index is 0.0717. The van der Waals surface area contributed by atoms with Gasteiger partial charge in [-0.2, -0.15) is 0 Å². The zero-order valence-electron chi connectivity index (χ0n) is 8.44. The van der Waals surface area contributed by atoms with Crippen LogP contribution >= 0.6 is 0 Å². The molecule has 0 unspecified atom stereocenters. The van der Waals surface area contributed by atoms with Gasteiger partial charge in [-0.3, -0.25) is 4.79 Å². The number of pyridine rings is 1. The average molecular weight is 219 g/mol. The number of nitrogens with one attached hydrogen (secondary N) is 2. The Morgan fingerprint density at radius 1 is 1.44 bits per heavy atom. The molecule has 0 saturated heterocycles. The number of carbonyl (C=O) groups excluding carboxylic acids is 1. The first-order chi connectivity index (χ1) is 7.56. The fourth-order valence-electron chi connectivity index (χ4n) is 1.40. The number of carbonyl (C=O) groups is 2. The largest absolute Gasteiger partial charge is 0.477 e. The molecule has 0 aliphatic rings. The number of hydrogen-bond donors (Lipinski definition) is 3. The lowest BCUT2D eigenvalue weighted by atomic mass is 10.3. The number of fused-ring (bicyclic) bond motifs is 1. The van der Waals surface area contributed by atoms with Gasteiger partial charge in [0.2, 0.25) is 5.91 Å². The topological polar surface area (TPSA) is 95.1 Å². The number of carboxylic acids is 1. The van der Waals surface area contributed by atoms with Gasteiger partial charge >= 0.3 is 5.97 Å². The Morgan fingerprint density at radius 2 is 2.19 bits per heavy atom. The predicted octanol–water partition coefficient (Wildman–Crippen LogP) is 1.22. The van der Waals surface area contributed by atoms with E-state index in [1.807, 2.05) is 0 Å². The molecule has 0 aromatic carbocycles. The van der Waals surface area contributed by atoms with Crippen LogP contribution in [0.4, 0.5) is 5.69 Å². The normalized spacial score (nSPS) is 10.3. The predicted molar refractivity (Wildman–Crippen MR) is 57.4 cm³/mol. The fraction of sp³-hybridized carbons (Fsp3) is 0.100. The van der Waals surface area contributed by atoms with Gasteiger partial charge in [0, 0.05) is 12.3 Å². The van der Waals surface area contributed by atoms with Gasteiger partial charge in [-0.1, -0.05) is 0 Å². The van der Waals surface area contributed by atoms with E-state index >= 15 is 0 Å². The molecule has 6 heteroatoms. The minimum Gasteiger partial charge on any atom is -0.477 e. The van der Waals surface area contributed by atoms with Gasteiger partial charge < -0.3 is 15.4 Å². The van der Waals surface area contributed by atoms with E-state index in [0.717, 1.165) is 0 Å². The zero-order valence-corrected chi connectivity index (χ0v) is 8.44. The van der Waals surface area contributed by atoms with E-state index in [1.54, 1.807) is 6.07 Å². The van der Waals surface area contributed by atoms with Crippen LogP contribution in [0.3, 0.4) is 0 Å². The Bertz CT molecular complexity index is 574. The van der Waals surface area contributed by atoms with E-state index in [4.69, 9.17) is 5.11 Å². The van der Waals surface area contributed by atoms with Crippen molar-refractivity contribution in [1.29, 1.82) is 0 Å². The molecule has 1 amide bonds. The van der Waals surface area contributed by atoms with Crippen molar-refractivity contribution >= 4 is 28.6 Å². The average Bonchev–Trinajstić information content (AvgIpc) is 2.59. The van der Waals surface area contributed by atoms with Crippen LogP contribution in [0, 0.1) is 0 Å². The van der Waals surface area contributed by atoms with Gasteiger partial charge in [-0.25, -0.2) is 9.78 Å². The van der Waals surface area contributed by atoms with Crippen LogP contribution in [0.25, 0.3) is 11.0 Å². The van der Waals surface area contributed by atoms with Crippen LogP contribution in [-0.4, -0.2) is 27.0 Å². The van der Waals surface area contributed by atoms with Gasteiger partial charge in [0.15, 0.2) is 0 Å². The molecule has 0 fully saturated rings. The van der Waals surface area contributed by atoms with E-state index in [1.165, 1.54) is 19.2 Å². The summed E-state index contributed by atoms with van der Waals surface area (Å²) in [5.74, 6) is -1.24. The second kappa shape index (κ2) is 3.65. The summed E-state index contributed by atoms with van der Waals surface area (Å²) in [5.41, 5.74) is 1.09. The maximum absolute atomic E-state index is 10.8. The first-order valence-corrected chi connectivity index (χ1v) is 4.56. The van der Waals surface area contributed by atoms with Crippen molar-refractivity contribution in [2.75, 3.05) is 5.32 Å². The number of amides is 1. The second-order valence-corrected chi connectivity index (χ2v) is 3.33. The third-order valence-corrected chi connectivity index (χ3v) is 2.02. The maximum atomic E-state index is 10.8. The quantitative estimate of drug-likeness (QED) is 0.707. The number of H-pyrrole nitrogens is 1. The van der Waals surface area contributed by atoms with Gasteiger partial charge in [0.25, 0.3) is 0 Å². The fourth-order valence-corrected chi connectivity index (χ4v) is 1.40. The molecule has 0 bridgehead atoms. The minimum atomic E-state index is -1.04. The number of aromatic carboxylic acids is 1. The summed E-state index contributed by atoms with van der Waals surface area (Å²) in [4.78, 5) is 28.2. The van der Waals surface area contributed by atoms with Crippen LogP contribution in [0.2, 0.25) is 0 Å². The number of rotatable bonds is 2. The van der Waals surface area contributed by atoms with Crippen molar-refractivity contribution in [2.45, 2.75) is 6.92 Å². The van der Waals surface area contributed by atoms with Gasteiger partial charge in [0.05, 0.1) is 11.9 Å². The molecule has 3 N–H and O–H groups in total. The second-order valence-electron chi connectivity index (χ2n) is 3.33. The number of aromatic amines is 1. The summed E-state index contributed by atoms with van der Waals surface area (Å²) in [5, 5.41) is 12.0. The molecule has 0 aliphatic carbocycles. The Kier molecular flexibility index (Phi) is 2.32. The monoisotopic (exact) mass is 219 g/mol. The molecule has 0 spiro atoms. The number of nitrogens with zero attached hydrogens (tertiary/aromatic N) is 1. The standard InChI is InChI=1S/C10H9N3O3/c1-5(14)12-7-2-6-3-8(10(15)16)13-9(6)11-4-7/h2-4H,1H3,(H,11,13)(H,12,14)(H,15,16). The highest BCUT2D eigenvalue weighted by atomic mass is 16.4. The van der Waals surface area contributed by atoms with Crippen molar-refractivity contribution in [3.63, 3.8) is 0 Å². The van der Waals surface area contributed by atoms with Crippen molar-refractivity contribution in [1.82, 2.24) is 9.97 Å². The molecule has 2 rings (SSSR count). The van der Waals surface area contributed by atoms with Crippen molar-refractivity contribution < 1.29 is 14.7 Å². The Labute approximate surface area is 90.3 Å². The molecule has 2 heterocycles.